The largest absolute Gasteiger partial charge is 0.271 e. The average Bonchev–Trinajstić information content (AvgIpc) is 2.41. The van der Waals surface area contributed by atoms with Crippen LogP contribution in [0.25, 0.3) is 0 Å². The second kappa shape index (κ2) is 6.48. The van der Waals surface area contributed by atoms with Crippen LogP contribution in [0.4, 0.5) is 4.39 Å². The van der Waals surface area contributed by atoms with Crippen LogP contribution in [-0.4, -0.2) is 0 Å². The number of hydrogen-bond donors (Lipinski definition) is 2. The Balaban J connectivity index is 2.31. The van der Waals surface area contributed by atoms with Gasteiger partial charge >= 0.3 is 0 Å². The van der Waals surface area contributed by atoms with Gasteiger partial charge in [0.1, 0.15) is 5.82 Å². The van der Waals surface area contributed by atoms with Crippen molar-refractivity contribution in [1.29, 1.82) is 0 Å². The molecule has 0 aliphatic rings. The van der Waals surface area contributed by atoms with Crippen LogP contribution in [0.15, 0.2) is 40.9 Å². The monoisotopic (exact) mass is 336 g/mol. The molecule has 4 heteroatoms. The Morgan fingerprint density at radius 3 is 2.60 bits per heavy atom. The van der Waals surface area contributed by atoms with E-state index in [2.05, 4.69) is 53.4 Å². The standard InChI is InChI=1S/C16H18BrFN2/c1-10-3-4-11(2)14(7-10)16(20-19)8-12-5-6-13(18)9-15(12)17/h3-7,9,16,20H,8,19H2,1-2H3. The van der Waals surface area contributed by atoms with E-state index >= 15 is 0 Å². The van der Waals surface area contributed by atoms with Gasteiger partial charge in [0.2, 0.25) is 0 Å². The Morgan fingerprint density at radius 2 is 1.95 bits per heavy atom. The van der Waals surface area contributed by atoms with Crippen LogP contribution in [0.5, 0.6) is 0 Å². The predicted octanol–water partition coefficient (Wildman–Crippen LogP) is 3.95. The molecule has 0 heterocycles. The Kier molecular flexibility index (Phi) is 4.91. The van der Waals surface area contributed by atoms with E-state index in [1.807, 2.05) is 0 Å². The molecule has 0 aromatic heterocycles. The number of hydrazine groups is 1. The van der Waals surface area contributed by atoms with Crippen molar-refractivity contribution in [2.24, 2.45) is 5.84 Å². The van der Waals surface area contributed by atoms with E-state index in [0.717, 1.165) is 10.0 Å². The summed E-state index contributed by atoms with van der Waals surface area (Å²) in [6, 6.07) is 11.0. The second-order valence-corrected chi connectivity index (χ2v) is 5.87. The summed E-state index contributed by atoms with van der Waals surface area (Å²) in [4.78, 5) is 0. The minimum Gasteiger partial charge on any atom is -0.271 e. The highest BCUT2D eigenvalue weighted by molar-refractivity contribution is 9.10. The molecule has 0 radical (unpaired) electrons. The first kappa shape index (κ1) is 15.2. The Labute approximate surface area is 127 Å². The van der Waals surface area contributed by atoms with Crippen molar-refractivity contribution in [2.75, 3.05) is 0 Å². The van der Waals surface area contributed by atoms with Gasteiger partial charge in [-0.2, -0.15) is 0 Å². The molecule has 106 valence electrons. The lowest BCUT2D eigenvalue weighted by Crippen LogP contribution is -2.30. The lowest BCUT2D eigenvalue weighted by Gasteiger charge is -2.20. The zero-order chi connectivity index (χ0) is 14.7. The number of benzene rings is 2. The summed E-state index contributed by atoms with van der Waals surface area (Å²) in [6.45, 7) is 4.13. The minimum absolute atomic E-state index is 0.00309. The van der Waals surface area contributed by atoms with E-state index in [1.165, 1.54) is 28.8 Å². The Hall–Kier alpha value is -1.23. The van der Waals surface area contributed by atoms with Crippen LogP contribution in [0.2, 0.25) is 0 Å². The second-order valence-electron chi connectivity index (χ2n) is 5.02. The normalized spacial score (nSPS) is 12.4. The van der Waals surface area contributed by atoms with E-state index in [9.17, 15) is 4.39 Å². The molecule has 1 atom stereocenters. The smallest absolute Gasteiger partial charge is 0.124 e. The molecule has 0 saturated heterocycles. The molecule has 0 aliphatic carbocycles. The van der Waals surface area contributed by atoms with E-state index < -0.39 is 0 Å². The molecular formula is C16H18BrFN2. The molecule has 2 aromatic carbocycles. The zero-order valence-corrected chi connectivity index (χ0v) is 13.2. The molecule has 0 bridgehead atoms. The molecule has 0 saturated carbocycles. The van der Waals surface area contributed by atoms with Gasteiger partial charge in [0.15, 0.2) is 0 Å². The summed E-state index contributed by atoms with van der Waals surface area (Å²) in [5.74, 6) is 5.47. The summed E-state index contributed by atoms with van der Waals surface area (Å²) in [7, 11) is 0. The fourth-order valence-electron chi connectivity index (χ4n) is 2.30. The summed E-state index contributed by atoms with van der Waals surface area (Å²) in [5.41, 5.74) is 7.45. The molecular weight excluding hydrogens is 319 g/mol. The summed E-state index contributed by atoms with van der Waals surface area (Å²) < 4.78 is 13.9. The maximum absolute atomic E-state index is 13.1. The summed E-state index contributed by atoms with van der Waals surface area (Å²) >= 11 is 3.40. The van der Waals surface area contributed by atoms with Crippen molar-refractivity contribution < 1.29 is 4.39 Å². The van der Waals surface area contributed by atoms with E-state index in [1.54, 1.807) is 6.07 Å². The SMILES string of the molecule is Cc1ccc(C)c(C(Cc2ccc(F)cc2Br)NN)c1. The third-order valence-corrected chi connectivity index (χ3v) is 4.19. The highest BCUT2D eigenvalue weighted by Crippen LogP contribution is 2.26. The van der Waals surface area contributed by atoms with Crippen LogP contribution in [0, 0.1) is 19.7 Å². The molecule has 2 aromatic rings. The molecule has 2 nitrogen and oxygen atoms in total. The van der Waals surface area contributed by atoms with E-state index in [0.29, 0.717) is 6.42 Å². The molecule has 1 unspecified atom stereocenters. The highest BCUT2D eigenvalue weighted by Gasteiger charge is 2.15. The Morgan fingerprint density at radius 1 is 1.20 bits per heavy atom. The third kappa shape index (κ3) is 3.45. The number of nitrogens with two attached hydrogens (primary N) is 1. The number of aryl methyl sites for hydroxylation is 2. The number of rotatable bonds is 4. The number of halogens is 2. The maximum atomic E-state index is 13.1. The first-order valence-corrected chi connectivity index (χ1v) is 7.27. The molecule has 0 aliphatic heterocycles. The van der Waals surface area contributed by atoms with Crippen LogP contribution in [-0.2, 0) is 6.42 Å². The van der Waals surface area contributed by atoms with Gasteiger partial charge in [-0.1, -0.05) is 45.8 Å². The molecule has 20 heavy (non-hydrogen) atoms. The molecule has 2 rings (SSSR count). The average molecular weight is 337 g/mol. The topological polar surface area (TPSA) is 38.0 Å². The van der Waals surface area contributed by atoms with Gasteiger partial charge in [-0.05, 0) is 49.1 Å². The van der Waals surface area contributed by atoms with Crippen LogP contribution >= 0.6 is 15.9 Å². The summed E-state index contributed by atoms with van der Waals surface area (Å²) in [6.07, 6.45) is 0.696. The summed E-state index contributed by atoms with van der Waals surface area (Å²) in [5, 5.41) is 0. The molecule has 0 fully saturated rings. The highest BCUT2D eigenvalue weighted by atomic mass is 79.9. The van der Waals surface area contributed by atoms with Crippen molar-refractivity contribution in [2.45, 2.75) is 26.3 Å². The lowest BCUT2D eigenvalue weighted by atomic mass is 9.94. The molecule has 0 amide bonds. The van der Waals surface area contributed by atoms with Crippen molar-refractivity contribution in [3.8, 4) is 0 Å². The van der Waals surface area contributed by atoms with Crippen molar-refractivity contribution in [3.05, 3.63) is 68.9 Å². The predicted molar refractivity (Wildman–Crippen MR) is 83.8 cm³/mol. The fourth-order valence-corrected chi connectivity index (χ4v) is 2.81. The van der Waals surface area contributed by atoms with Gasteiger partial charge < -0.3 is 0 Å². The maximum Gasteiger partial charge on any atom is 0.124 e. The van der Waals surface area contributed by atoms with Crippen LogP contribution in [0.1, 0.15) is 28.3 Å². The van der Waals surface area contributed by atoms with Gasteiger partial charge in [-0.3, -0.25) is 11.3 Å². The van der Waals surface area contributed by atoms with Gasteiger partial charge in [0.05, 0.1) is 6.04 Å². The number of hydrogen-bond acceptors (Lipinski definition) is 2. The van der Waals surface area contributed by atoms with Crippen LogP contribution in [0.3, 0.4) is 0 Å². The minimum atomic E-state index is -0.246. The third-order valence-electron chi connectivity index (χ3n) is 3.45. The van der Waals surface area contributed by atoms with Crippen molar-refractivity contribution in [1.82, 2.24) is 5.43 Å². The van der Waals surface area contributed by atoms with Crippen molar-refractivity contribution in [3.63, 3.8) is 0 Å². The van der Waals surface area contributed by atoms with E-state index in [4.69, 9.17) is 5.84 Å². The Bertz CT molecular complexity index is 613. The van der Waals surface area contributed by atoms with Gasteiger partial charge in [0.25, 0.3) is 0 Å². The van der Waals surface area contributed by atoms with Crippen LogP contribution < -0.4 is 11.3 Å². The van der Waals surface area contributed by atoms with Gasteiger partial charge in [-0.25, -0.2) is 4.39 Å². The lowest BCUT2D eigenvalue weighted by molar-refractivity contribution is 0.547. The van der Waals surface area contributed by atoms with Gasteiger partial charge in [-0.15, -0.1) is 0 Å². The zero-order valence-electron chi connectivity index (χ0n) is 11.6. The fraction of sp³-hybridized carbons (Fsp3) is 0.250. The van der Waals surface area contributed by atoms with Gasteiger partial charge in [0, 0.05) is 4.47 Å². The quantitative estimate of drug-likeness (QED) is 0.655. The van der Waals surface area contributed by atoms with E-state index in [-0.39, 0.29) is 11.9 Å². The molecule has 0 spiro atoms. The first-order valence-electron chi connectivity index (χ1n) is 6.48. The number of nitrogens with one attached hydrogen (secondary N) is 1. The molecule has 3 N–H and O–H groups in total. The van der Waals surface area contributed by atoms with Crippen molar-refractivity contribution >= 4 is 15.9 Å². The first-order chi connectivity index (χ1) is 9.51.